The summed E-state index contributed by atoms with van der Waals surface area (Å²) in [5.74, 6) is -1.02. The number of benzene rings is 1. The molecule has 1 aromatic carbocycles. The predicted octanol–water partition coefficient (Wildman–Crippen LogP) is 2.65. The number of hydrogen-bond acceptors (Lipinski definition) is 1. The molecule has 0 spiro atoms. The van der Waals surface area contributed by atoms with E-state index >= 15 is 0 Å². The highest BCUT2D eigenvalue weighted by Gasteiger charge is 2.25. The van der Waals surface area contributed by atoms with Crippen LogP contribution in [0.5, 0.6) is 0 Å². The molecule has 0 saturated carbocycles. The van der Waals surface area contributed by atoms with E-state index in [-0.39, 0.29) is 5.92 Å². The second-order valence-corrected chi connectivity index (χ2v) is 3.90. The Kier molecular flexibility index (Phi) is 2.86. The number of carboxylic acid groups (broad SMARTS) is 1. The Labute approximate surface area is 89.2 Å². The van der Waals surface area contributed by atoms with E-state index in [0.717, 1.165) is 24.0 Å². The van der Waals surface area contributed by atoms with Crippen LogP contribution in [0.3, 0.4) is 0 Å². The van der Waals surface area contributed by atoms with E-state index in [2.05, 4.69) is 0 Å². The maximum atomic E-state index is 11.1. The average molecular weight is 202 g/mol. The molecule has 0 aliphatic heterocycles. The number of carbonyl (C=O) groups is 1. The molecule has 0 aromatic heterocycles. The third-order valence-corrected chi connectivity index (χ3v) is 2.87. The summed E-state index contributed by atoms with van der Waals surface area (Å²) in [4.78, 5) is 11.1. The predicted molar refractivity (Wildman–Crippen MR) is 58.6 cm³/mol. The van der Waals surface area contributed by atoms with Crippen molar-refractivity contribution in [2.24, 2.45) is 5.92 Å². The van der Waals surface area contributed by atoms with Gasteiger partial charge in [-0.1, -0.05) is 42.0 Å². The van der Waals surface area contributed by atoms with Crippen LogP contribution in [-0.4, -0.2) is 11.1 Å². The fourth-order valence-electron chi connectivity index (χ4n) is 1.85. The van der Waals surface area contributed by atoms with Crippen molar-refractivity contribution in [2.75, 3.05) is 0 Å². The summed E-state index contributed by atoms with van der Waals surface area (Å²) < 4.78 is 0. The summed E-state index contributed by atoms with van der Waals surface area (Å²) >= 11 is 0. The molecule has 1 aliphatic rings. The molecule has 0 amide bonds. The van der Waals surface area contributed by atoms with E-state index in [0.29, 0.717) is 6.42 Å². The molecule has 2 rings (SSSR count). The lowest BCUT2D eigenvalue weighted by Gasteiger charge is -2.21. The van der Waals surface area contributed by atoms with Gasteiger partial charge in [-0.25, -0.2) is 0 Å². The van der Waals surface area contributed by atoms with Gasteiger partial charge in [0, 0.05) is 0 Å². The van der Waals surface area contributed by atoms with Crippen molar-refractivity contribution in [2.45, 2.75) is 19.3 Å². The molecule has 1 aromatic rings. The molecule has 1 unspecified atom stereocenters. The lowest BCUT2D eigenvalue weighted by Crippen LogP contribution is -2.21. The highest BCUT2D eigenvalue weighted by atomic mass is 16.4. The molecule has 0 saturated heterocycles. The van der Waals surface area contributed by atoms with Gasteiger partial charge in [-0.05, 0) is 24.8 Å². The topological polar surface area (TPSA) is 37.3 Å². The molecule has 0 radical (unpaired) electrons. The van der Waals surface area contributed by atoms with Gasteiger partial charge < -0.3 is 5.11 Å². The maximum Gasteiger partial charge on any atom is 0.310 e. The van der Waals surface area contributed by atoms with Gasteiger partial charge >= 0.3 is 5.97 Å². The van der Waals surface area contributed by atoms with Gasteiger partial charge in [0.1, 0.15) is 0 Å². The molecule has 1 atom stereocenters. The number of hydrogen-bond donors (Lipinski definition) is 1. The van der Waals surface area contributed by atoms with Gasteiger partial charge in [0.25, 0.3) is 0 Å². The van der Waals surface area contributed by atoms with Crippen LogP contribution in [0.2, 0.25) is 0 Å². The van der Waals surface area contributed by atoms with Gasteiger partial charge in [0.2, 0.25) is 0 Å². The molecule has 0 bridgehead atoms. The first kappa shape index (κ1) is 9.97. The molecule has 15 heavy (non-hydrogen) atoms. The molecule has 1 N–H and O–H groups in total. The third-order valence-electron chi connectivity index (χ3n) is 2.87. The van der Waals surface area contributed by atoms with E-state index < -0.39 is 5.97 Å². The lowest BCUT2D eigenvalue weighted by atomic mass is 9.83. The Balaban J connectivity index is 2.11. The van der Waals surface area contributed by atoms with Crippen LogP contribution in [0.1, 0.15) is 18.4 Å². The molecular weight excluding hydrogens is 188 g/mol. The molecule has 78 valence electrons. The number of aliphatic carboxylic acids is 1. The van der Waals surface area contributed by atoms with Crippen molar-refractivity contribution in [3.05, 3.63) is 47.5 Å². The highest BCUT2D eigenvalue weighted by molar-refractivity contribution is 5.74. The third kappa shape index (κ3) is 2.27. The summed E-state index contributed by atoms with van der Waals surface area (Å²) in [7, 11) is 0. The summed E-state index contributed by atoms with van der Waals surface area (Å²) in [6.45, 7) is 0. The van der Waals surface area contributed by atoms with Crippen LogP contribution in [0.15, 0.2) is 42.0 Å². The summed E-state index contributed by atoms with van der Waals surface area (Å²) in [6.07, 6.45) is 4.64. The van der Waals surface area contributed by atoms with Gasteiger partial charge in [0.15, 0.2) is 0 Å². The quantitative estimate of drug-likeness (QED) is 0.762. The fraction of sp³-hybridized carbons (Fsp3) is 0.308. The first-order valence-corrected chi connectivity index (χ1v) is 5.23. The van der Waals surface area contributed by atoms with Crippen LogP contribution in [-0.2, 0) is 11.2 Å². The maximum absolute atomic E-state index is 11.1. The molecule has 0 heterocycles. The van der Waals surface area contributed by atoms with Gasteiger partial charge in [-0.3, -0.25) is 4.79 Å². The van der Waals surface area contributed by atoms with Crippen LogP contribution in [0.25, 0.3) is 0 Å². The largest absolute Gasteiger partial charge is 0.481 e. The zero-order valence-electron chi connectivity index (χ0n) is 8.52. The number of allylic oxidation sites excluding steroid dienone is 1. The standard InChI is InChI=1S/C13H14O2/c14-13(15)12(11-7-4-8-11)9-10-5-2-1-3-6-10/h1-3,5-7,12H,4,8-9H2,(H,14,15). The lowest BCUT2D eigenvalue weighted by molar-refractivity contribution is -0.140. The minimum Gasteiger partial charge on any atom is -0.481 e. The van der Waals surface area contributed by atoms with Crippen LogP contribution in [0, 0.1) is 5.92 Å². The van der Waals surface area contributed by atoms with Crippen molar-refractivity contribution >= 4 is 5.97 Å². The van der Waals surface area contributed by atoms with Gasteiger partial charge in [0.05, 0.1) is 5.92 Å². The van der Waals surface area contributed by atoms with E-state index in [1.54, 1.807) is 0 Å². The van der Waals surface area contributed by atoms with Crippen molar-refractivity contribution in [3.63, 3.8) is 0 Å². The van der Waals surface area contributed by atoms with Crippen molar-refractivity contribution < 1.29 is 9.90 Å². The van der Waals surface area contributed by atoms with E-state index in [4.69, 9.17) is 5.11 Å². The normalized spacial score (nSPS) is 16.4. The first-order chi connectivity index (χ1) is 7.27. The summed E-state index contributed by atoms with van der Waals surface area (Å²) in [5, 5.41) is 9.13. The van der Waals surface area contributed by atoms with Crippen molar-refractivity contribution in [3.8, 4) is 0 Å². The minimum atomic E-state index is -0.704. The Morgan fingerprint density at radius 2 is 2.00 bits per heavy atom. The smallest absolute Gasteiger partial charge is 0.310 e. The second-order valence-electron chi connectivity index (χ2n) is 3.90. The molecule has 0 fully saturated rings. The van der Waals surface area contributed by atoms with E-state index in [1.807, 2.05) is 36.4 Å². The van der Waals surface area contributed by atoms with E-state index in [9.17, 15) is 4.79 Å². The molecule has 1 aliphatic carbocycles. The van der Waals surface area contributed by atoms with Crippen LogP contribution in [0.4, 0.5) is 0 Å². The minimum absolute atomic E-state index is 0.318. The van der Waals surface area contributed by atoms with E-state index in [1.165, 1.54) is 0 Å². The highest BCUT2D eigenvalue weighted by Crippen LogP contribution is 2.28. The first-order valence-electron chi connectivity index (χ1n) is 5.23. The van der Waals surface area contributed by atoms with Crippen LogP contribution < -0.4 is 0 Å². The van der Waals surface area contributed by atoms with Gasteiger partial charge in [-0.2, -0.15) is 0 Å². The number of rotatable bonds is 4. The fourth-order valence-corrected chi connectivity index (χ4v) is 1.85. The SMILES string of the molecule is O=C(O)C(Cc1ccccc1)C1=CCC1. The zero-order chi connectivity index (χ0) is 10.7. The number of carboxylic acids is 1. The summed E-state index contributed by atoms with van der Waals surface area (Å²) in [5.41, 5.74) is 2.18. The molecule has 2 nitrogen and oxygen atoms in total. The second kappa shape index (κ2) is 4.30. The Bertz CT molecular complexity index is 379. The summed E-state index contributed by atoms with van der Waals surface area (Å²) in [6, 6.07) is 9.80. The monoisotopic (exact) mass is 202 g/mol. The Morgan fingerprint density at radius 1 is 1.33 bits per heavy atom. The molecule has 2 heteroatoms. The van der Waals surface area contributed by atoms with Crippen molar-refractivity contribution in [1.29, 1.82) is 0 Å². The average Bonchev–Trinajstić information content (AvgIpc) is 2.15. The van der Waals surface area contributed by atoms with Crippen molar-refractivity contribution in [1.82, 2.24) is 0 Å². The Morgan fingerprint density at radius 3 is 2.47 bits per heavy atom. The van der Waals surface area contributed by atoms with Crippen LogP contribution >= 0.6 is 0 Å². The Hall–Kier alpha value is -1.57. The zero-order valence-corrected chi connectivity index (χ0v) is 8.52. The molecular formula is C13H14O2. The van der Waals surface area contributed by atoms with Gasteiger partial charge in [-0.15, -0.1) is 0 Å².